The van der Waals surface area contributed by atoms with Gasteiger partial charge in [0.25, 0.3) is 5.56 Å². The maximum Gasteiger partial charge on any atom is 0.330 e. The molecule has 0 aromatic carbocycles. The lowest BCUT2D eigenvalue weighted by molar-refractivity contribution is -0.0518. The lowest BCUT2D eigenvalue weighted by Crippen LogP contribution is -2.54. The van der Waals surface area contributed by atoms with Crippen molar-refractivity contribution in [3.8, 4) is 0 Å². The molecule has 0 amide bonds. The number of H-pyrrole nitrogens is 1. The van der Waals surface area contributed by atoms with E-state index in [4.69, 9.17) is 13.6 Å². The van der Waals surface area contributed by atoms with Gasteiger partial charge in [0.05, 0.1) is 6.61 Å². The molecule has 0 saturated carbocycles. The summed E-state index contributed by atoms with van der Waals surface area (Å²) < 4.78 is 20.9. The second-order valence-corrected chi connectivity index (χ2v) is 22.3. The number of rotatable bonds is 9. The van der Waals surface area contributed by atoms with Crippen LogP contribution in [0.15, 0.2) is 21.9 Å². The van der Waals surface area contributed by atoms with Crippen LogP contribution < -0.4 is 11.2 Å². The maximum atomic E-state index is 12.7. The number of aromatic nitrogens is 2. The molecule has 4 atom stereocenters. The lowest BCUT2D eigenvalue weighted by Gasteiger charge is -2.45. The van der Waals surface area contributed by atoms with E-state index < -0.39 is 52.4 Å². The molecule has 0 radical (unpaired) electrons. The van der Waals surface area contributed by atoms with Crippen LogP contribution in [0.5, 0.6) is 0 Å². The first-order valence-corrected chi connectivity index (χ1v) is 17.5. The largest absolute Gasteiger partial charge is 0.414 e. The number of ether oxygens (including phenoxy) is 1. The van der Waals surface area contributed by atoms with E-state index in [0.717, 1.165) is 0 Å². The van der Waals surface area contributed by atoms with Crippen molar-refractivity contribution >= 4 is 16.6 Å². The summed E-state index contributed by atoms with van der Waals surface area (Å²) in [5.74, 6) is 0. The van der Waals surface area contributed by atoms with Gasteiger partial charge >= 0.3 is 5.69 Å². The Morgan fingerprint density at radius 2 is 1.62 bits per heavy atom. The SMILES string of the molecule is CC(C)[Si](O[C@@H]1[C@H](O)[C@@H](CO[Si](C)(C)C(C)(C)C)O[C@H]1n1ccc(=O)[nH]c1=O)(C(C)C)C(C)C. The third-order valence-corrected chi connectivity index (χ3v) is 18.5. The highest BCUT2D eigenvalue weighted by Crippen LogP contribution is 2.46. The van der Waals surface area contributed by atoms with E-state index in [1.54, 1.807) is 0 Å². The molecule has 2 heterocycles. The molecule has 1 aromatic rings. The zero-order chi connectivity index (χ0) is 26.2. The zero-order valence-electron chi connectivity index (χ0n) is 22.8. The number of aliphatic hydroxyl groups is 1. The molecule has 0 aliphatic carbocycles. The zero-order valence-corrected chi connectivity index (χ0v) is 24.8. The van der Waals surface area contributed by atoms with Gasteiger partial charge in [0.1, 0.15) is 18.3 Å². The Kier molecular flexibility index (Phi) is 9.03. The first-order chi connectivity index (χ1) is 15.5. The van der Waals surface area contributed by atoms with Crippen molar-refractivity contribution < 1.29 is 18.7 Å². The van der Waals surface area contributed by atoms with Crippen molar-refractivity contribution in [2.75, 3.05) is 6.61 Å². The van der Waals surface area contributed by atoms with Crippen molar-refractivity contribution in [3.05, 3.63) is 33.1 Å². The molecule has 2 N–H and O–H groups in total. The van der Waals surface area contributed by atoms with Gasteiger partial charge in [-0.3, -0.25) is 14.3 Å². The Hall–Kier alpha value is -1.05. The van der Waals surface area contributed by atoms with Gasteiger partial charge in [-0.2, -0.15) is 0 Å². The molecule has 1 fully saturated rings. The van der Waals surface area contributed by atoms with Crippen LogP contribution in [0, 0.1) is 0 Å². The fourth-order valence-electron chi connectivity index (χ4n) is 4.99. The third kappa shape index (κ3) is 5.68. The van der Waals surface area contributed by atoms with Gasteiger partial charge in [0, 0.05) is 12.3 Å². The Balaban J connectivity index is 2.48. The van der Waals surface area contributed by atoms with Crippen molar-refractivity contribution in [1.82, 2.24) is 9.55 Å². The molecule has 2 rings (SSSR count). The minimum absolute atomic E-state index is 0.0106. The van der Waals surface area contributed by atoms with E-state index in [2.05, 4.69) is 80.4 Å². The molecule has 34 heavy (non-hydrogen) atoms. The van der Waals surface area contributed by atoms with E-state index in [-0.39, 0.29) is 28.3 Å². The maximum absolute atomic E-state index is 12.7. The number of aromatic amines is 1. The number of hydrogen-bond acceptors (Lipinski definition) is 6. The van der Waals surface area contributed by atoms with Gasteiger partial charge in [-0.1, -0.05) is 62.3 Å². The Labute approximate surface area is 206 Å². The summed E-state index contributed by atoms with van der Waals surface area (Å²) in [6.07, 6.45) is -1.83. The molecule has 1 aliphatic heterocycles. The predicted octanol–water partition coefficient (Wildman–Crippen LogP) is 4.38. The molecule has 0 spiro atoms. The van der Waals surface area contributed by atoms with E-state index in [1.165, 1.54) is 16.8 Å². The standard InChI is InChI=1S/C24H46N2O6Si2/c1-15(2)34(16(3)4,17(5)6)32-21-20(28)18(14-30-33(10,11)24(7,8)9)31-22(21)26-13-12-19(27)25-23(26)29/h12-13,15-18,20-22,28H,14H2,1-11H3,(H,25,27,29)/t18-,20-,21-,22-/m1/s1. The van der Waals surface area contributed by atoms with Crippen molar-refractivity contribution in [2.45, 2.75) is 122 Å². The van der Waals surface area contributed by atoms with E-state index in [9.17, 15) is 14.7 Å². The normalized spacial score (nSPS) is 24.6. The Morgan fingerprint density at radius 1 is 1.09 bits per heavy atom. The lowest BCUT2D eigenvalue weighted by atomic mass is 10.1. The fraction of sp³-hybridized carbons (Fsp3) is 0.833. The van der Waals surface area contributed by atoms with E-state index >= 15 is 0 Å². The first-order valence-electron chi connectivity index (χ1n) is 12.4. The van der Waals surface area contributed by atoms with Crippen LogP contribution in [0.4, 0.5) is 0 Å². The molecular formula is C24H46N2O6Si2. The molecule has 1 aromatic heterocycles. The molecule has 0 bridgehead atoms. The number of nitrogens with zero attached hydrogens (tertiary/aromatic N) is 1. The van der Waals surface area contributed by atoms with Crippen LogP contribution in [0.25, 0.3) is 0 Å². The summed E-state index contributed by atoms with van der Waals surface area (Å²) in [5.41, 5.74) is -0.207. The van der Waals surface area contributed by atoms with Crippen LogP contribution in [-0.4, -0.2) is 56.2 Å². The smallest absolute Gasteiger partial charge is 0.330 e. The van der Waals surface area contributed by atoms with Gasteiger partial charge in [-0.15, -0.1) is 0 Å². The predicted molar refractivity (Wildman–Crippen MR) is 140 cm³/mol. The van der Waals surface area contributed by atoms with Crippen LogP contribution in [-0.2, 0) is 13.6 Å². The number of aliphatic hydroxyl groups excluding tert-OH is 1. The average molecular weight is 515 g/mol. The number of hydrogen-bond donors (Lipinski definition) is 2. The number of nitrogens with one attached hydrogen (secondary N) is 1. The molecule has 1 saturated heterocycles. The van der Waals surface area contributed by atoms with Crippen LogP contribution >= 0.6 is 0 Å². The molecule has 1 aliphatic rings. The van der Waals surface area contributed by atoms with Crippen LogP contribution in [0.2, 0.25) is 34.8 Å². The monoisotopic (exact) mass is 514 g/mol. The van der Waals surface area contributed by atoms with Gasteiger partial charge in [0.2, 0.25) is 8.32 Å². The molecule has 0 unspecified atom stereocenters. The summed E-state index contributed by atoms with van der Waals surface area (Å²) in [7, 11) is -4.50. The third-order valence-electron chi connectivity index (χ3n) is 7.90. The Morgan fingerprint density at radius 3 is 2.06 bits per heavy atom. The molecule has 8 nitrogen and oxygen atoms in total. The van der Waals surface area contributed by atoms with Crippen LogP contribution in [0.1, 0.15) is 68.5 Å². The highest BCUT2D eigenvalue weighted by Gasteiger charge is 2.54. The van der Waals surface area contributed by atoms with E-state index in [0.29, 0.717) is 0 Å². The van der Waals surface area contributed by atoms with E-state index in [1.807, 2.05) is 0 Å². The van der Waals surface area contributed by atoms with Gasteiger partial charge in [0.15, 0.2) is 14.5 Å². The second kappa shape index (κ2) is 10.5. The fourth-order valence-corrected chi connectivity index (χ4v) is 11.5. The summed E-state index contributed by atoms with van der Waals surface area (Å²) in [6, 6.07) is 1.28. The average Bonchev–Trinajstić information content (AvgIpc) is 2.98. The Bertz CT molecular complexity index is 913. The highest BCUT2D eigenvalue weighted by atomic mass is 28.4. The minimum atomic E-state index is -2.42. The highest BCUT2D eigenvalue weighted by molar-refractivity contribution is 6.77. The van der Waals surface area contributed by atoms with Crippen molar-refractivity contribution in [1.29, 1.82) is 0 Å². The molecular weight excluding hydrogens is 468 g/mol. The molecule has 196 valence electrons. The van der Waals surface area contributed by atoms with Crippen molar-refractivity contribution in [3.63, 3.8) is 0 Å². The van der Waals surface area contributed by atoms with Crippen molar-refractivity contribution in [2.24, 2.45) is 0 Å². The summed E-state index contributed by atoms with van der Waals surface area (Å²) in [6.45, 7) is 24.0. The minimum Gasteiger partial charge on any atom is -0.414 e. The quantitative estimate of drug-likeness (QED) is 0.474. The van der Waals surface area contributed by atoms with Crippen LogP contribution in [0.3, 0.4) is 0 Å². The summed E-state index contributed by atoms with van der Waals surface area (Å²) >= 11 is 0. The first kappa shape index (κ1) is 29.2. The van der Waals surface area contributed by atoms with Gasteiger partial charge < -0.3 is 18.7 Å². The topological polar surface area (TPSA) is 103 Å². The van der Waals surface area contributed by atoms with Gasteiger partial charge in [-0.25, -0.2) is 4.79 Å². The second-order valence-electron chi connectivity index (χ2n) is 12.0. The summed E-state index contributed by atoms with van der Waals surface area (Å²) in [5, 5.41) is 11.5. The van der Waals surface area contributed by atoms with Gasteiger partial charge in [-0.05, 0) is 34.8 Å². The summed E-state index contributed by atoms with van der Waals surface area (Å²) in [4.78, 5) is 26.6. The molecule has 10 heteroatoms.